The molecule has 0 amide bonds. The molecule has 92 valence electrons. The van der Waals surface area contributed by atoms with E-state index >= 15 is 0 Å². The number of esters is 1. The van der Waals surface area contributed by atoms with Crippen LogP contribution in [-0.4, -0.2) is 5.97 Å². The van der Waals surface area contributed by atoms with Crippen LogP contribution in [0.25, 0.3) is 0 Å². The fourth-order valence-electron chi connectivity index (χ4n) is 2.35. The van der Waals surface area contributed by atoms with Gasteiger partial charge < -0.3 is 10.5 Å². The van der Waals surface area contributed by atoms with E-state index in [1.54, 1.807) is 0 Å². The molecule has 0 saturated heterocycles. The second-order valence-corrected chi connectivity index (χ2v) is 4.67. The molecular weight excluding hydrogens is 214 g/mol. The lowest BCUT2D eigenvalue weighted by Gasteiger charge is -2.13. The lowest BCUT2D eigenvalue weighted by Crippen LogP contribution is -2.10. The van der Waals surface area contributed by atoms with Crippen molar-refractivity contribution in [3.8, 4) is 0 Å². The number of carbonyl (C=O) groups is 1. The van der Waals surface area contributed by atoms with E-state index in [-0.39, 0.29) is 12.0 Å². The van der Waals surface area contributed by atoms with Crippen LogP contribution in [0.2, 0.25) is 0 Å². The molecule has 0 bridgehead atoms. The number of rotatable bonds is 2. The SMILES string of the molecule is CC(=O)OCc1ccc2c(c1)CCCCC2N. The van der Waals surface area contributed by atoms with Crippen molar-refractivity contribution >= 4 is 5.97 Å². The van der Waals surface area contributed by atoms with E-state index in [0.717, 1.165) is 18.4 Å². The number of hydrogen-bond acceptors (Lipinski definition) is 3. The molecule has 1 unspecified atom stereocenters. The van der Waals surface area contributed by atoms with Gasteiger partial charge in [0.2, 0.25) is 0 Å². The number of aryl methyl sites for hydroxylation is 1. The van der Waals surface area contributed by atoms with Gasteiger partial charge in [0.05, 0.1) is 0 Å². The first-order valence-corrected chi connectivity index (χ1v) is 6.17. The molecule has 0 heterocycles. The Morgan fingerprint density at radius 1 is 1.47 bits per heavy atom. The third-order valence-corrected chi connectivity index (χ3v) is 3.26. The number of ether oxygens (including phenoxy) is 1. The van der Waals surface area contributed by atoms with Gasteiger partial charge in [-0.15, -0.1) is 0 Å². The molecule has 3 nitrogen and oxygen atoms in total. The van der Waals surface area contributed by atoms with Gasteiger partial charge in [-0.3, -0.25) is 4.79 Å². The van der Waals surface area contributed by atoms with E-state index in [1.165, 1.54) is 30.9 Å². The van der Waals surface area contributed by atoms with Crippen molar-refractivity contribution in [2.24, 2.45) is 5.73 Å². The van der Waals surface area contributed by atoms with Crippen LogP contribution >= 0.6 is 0 Å². The van der Waals surface area contributed by atoms with E-state index in [1.807, 2.05) is 6.07 Å². The molecular formula is C14H19NO2. The van der Waals surface area contributed by atoms with E-state index in [9.17, 15) is 4.79 Å². The molecule has 2 N–H and O–H groups in total. The summed E-state index contributed by atoms with van der Waals surface area (Å²) in [5, 5.41) is 0. The zero-order valence-corrected chi connectivity index (χ0v) is 10.2. The smallest absolute Gasteiger partial charge is 0.302 e. The van der Waals surface area contributed by atoms with Crippen molar-refractivity contribution in [3.05, 3.63) is 34.9 Å². The summed E-state index contributed by atoms with van der Waals surface area (Å²) in [6.07, 6.45) is 4.53. The van der Waals surface area contributed by atoms with Gasteiger partial charge in [0.1, 0.15) is 6.61 Å². The lowest BCUT2D eigenvalue weighted by molar-refractivity contribution is -0.142. The molecule has 0 aromatic heterocycles. The average molecular weight is 233 g/mol. The summed E-state index contributed by atoms with van der Waals surface area (Å²) >= 11 is 0. The van der Waals surface area contributed by atoms with Crippen molar-refractivity contribution in [1.29, 1.82) is 0 Å². The van der Waals surface area contributed by atoms with Gasteiger partial charge in [-0.25, -0.2) is 0 Å². The quantitative estimate of drug-likeness (QED) is 0.630. The average Bonchev–Trinajstić information content (AvgIpc) is 2.49. The maximum Gasteiger partial charge on any atom is 0.302 e. The minimum atomic E-state index is -0.239. The first-order valence-electron chi connectivity index (χ1n) is 6.17. The second-order valence-electron chi connectivity index (χ2n) is 4.67. The van der Waals surface area contributed by atoms with Gasteiger partial charge in [0.25, 0.3) is 0 Å². The molecule has 1 aromatic carbocycles. The van der Waals surface area contributed by atoms with Gasteiger partial charge in [-0.05, 0) is 36.0 Å². The summed E-state index contributed by atoms with van der Waals surface area (Å²) < 4.78 is 5.01. The highest BCUT2D eigenvalue weighted by molar-refractivity contribution is 5.65. The van der Waals surface area contributed by atoms with Crippen LogP contribution < -0.4 is 5.73 Å². The topological polar surface area (TPSA) is 52.3 Å². The Balaban J connectivity index is 2.17. The second kappa shape index (κ2) is 5.32. The summed E-state index contributed by atoms with van der Waals surface area (Å²) in [6.45, 7) is 1.79. The van der Waals surface area contributed by atoms with Crippen LogP contribution in [0.4, 0.5) is 0 Å². The standard InChI is InChI=1S/C14H19NO2/c1-10(16)17-9-11-6-7-13-12(8-11)4-2-3-5-14(13)15/h6-8,14H,2-5,9,15H2,1H3. The maximum absolute atomic E-state index is 10.8. The van der Waals surface area contributed by atoms with Gasteiger partial charge >= 0.3 is 5.97 Å². The van der Waals surface area contributed by atoms with Gasteiger partial charge in [0, 0.05) is 13.0 Å². The van der Waals surface area contributed by atoms with Gasteiger partial charge in [-0.1, -0.05) is 24.6 Å². The number of fused-ring (bicyclic) bond motifs is 1. The fourth-order valence-corrected chi connectivity index (χ4v) is 2.35. The highest BCUT2D eigenvalue weighted by atomic mass is 16.5. The van der Waals surface area contributed by atoms with Crippen LogP contribution in [0.3, 0.4) is 0 Å². The zero-order valence-electron chi connectivity index (χ0n) is 10.2. The Labute approximate surface area is 102 Å². The Morgan fingerprint density at radius 3 is 3.06 bits per heavy atom. The van der Waals surface area contributed by atoms with Crippen molar-refractivity contribution in [2.45, 2.75) is 45.3 Å². The van der Waals surface area contributed by atoms with Crippen LogP contribution in [0, 0.1) is 0 Å². The molecule has 0 saturated carbocycles. The monoisotopic (exact) mass is 233 g/mol. The Morgan fingerprint density at radius 2 is 2.29 bits per heavy atom. The van der Waals surface area contributed by atoms with Gasteiger partial charge in [0.15, 0.2) is 0 Å². The first kappa shape index (κ1) is 12.1. The molecule has 2 rings (SSSR count). The van der Waals surface area contributed by atoms with Crippen molar-refractivity contribution in [1.82, 2.24) is 0 Å². The fraction of sp³-hybridized carbons (Fsp3) is 0.500. The van der Waals surface area contributed by atoms with Crippen molar-refractivity contribution in [3.63, 3.8) is 0 Å². The summed E-state index contributed by atoms with van der Waals surface area (Å²) in [5.74, 6) is -0.239. The predicted molar refractivity (Wildman–Crippen MR) is 66.4 cm³/mol. The molecule has 17 heavy (non-hydrogen) atoms. The Bertz CT molecular complexity index is 415. The van der Waals surface area contributed by atoms with E-state index in [0.29, 0.717) is 6.61 Å². The summed E-state index contributed by atoms with van der Waals surface area (Å²) in [4.78, 5) is 10.8. The van der Waals surface area contributed by atoms with Crippen LogP contribution in [0.1, 0.15) is 48.9 Å². The third kappa shape index (κ3) is 3.07. The molecule has 0 fully saturated rings. The number of carbonyl (C=O) groups excluding carboxylic acids is 1. The summed E-state index contributed by atoms with van der Waals surface area (Å²) in [6, 6.07) is 6.39. The Hall–Kier alpha value is -1.35. The molecule has 0 spiro atoms. The van der Waals surface area contributed by atoms with E-state index in [2.05, 4.69) is 12.1 Å². The van der Waals surface area contributed by atoms with E-state index < -0.39 is 0 Å². The Kier molecular flexibility index (Phi) is 3.79. The molecule has 0 radical (unpaired) electrons. The number of benzene rings is 1. The minimum absolute atomic E-state index is 0.162. The highest BCUT2D eigenvalue weighted by Crippen LogP contribution is 2.27. The largest absolute Gasteiger partial charge is 0.461 e. The van der Waals surface area contributed by atoms with Gasteiger partial charge in [-0.2, -0.15) is 0 Å². The highest BCUT2D eigenvalue weighted by Gasteiger charge is 2.15. The van der Waals surface area contributed by atoms with Crippen LogP contribution in [0.5, 0.6) is 0 Å². The lowest BCUT2D eigenvalue weighted by atomic mass is 9.97. The molecule has 0 aliphatic heterocycles. The minimum Gasteiger partial charge on any atom is -0.461 e. The molecule has 1 aliphatic rings. The van der Waals surface area contributed by atoms with Crippen molar-refractivity contribution < 1.29 is 9.53 Å². The number of hydrogen-bond donors (Lipinski definition) is 1. The van der Waals surface area contributed by atoms with Crippen LogP contribution in [0.15, 0.2) is 18.2 Å². The number of nitrogens with two attached hydrogens (primary N) is 1. The van der Waals surface area contributed by atoms with Crippen molar-refractivity contribution in [2.75, 3.05) is 0 Å². The third-order valence-electron chi connectivity index (χ3n) is 3.26. The maximum atomic E-state index is 10.8. The molecule has 1 aromatic rings. The summed E-state index contributed by atoms with van der Waals surface area (Å²) in [7, 11) is 0. The predicted octanol–water partition coefficient (Wildman–Crippen LogP) is 2.48. The molecule has 3 heteroatoms. The molecule has 1 aliphatic carbocycles. The molecule has 1 atom stereocenters. The van der Waals surface area contributed by atoms with Crippen LogP contribution in [-0.2, 0) is 22.6 Å². The van der Waals surface area contributed by atoms with E-state index in [4.69, 9.17) is 10.5 Å². The summed E-state index contributed by atoms with van der Waals surface area (Å²) in [5.41, 5.74) is 9.76. The normalized spacial score (nSPS) is 19.3. The zero-order chi connectivity index (χ0) is 12.3. The first-order chi connectivity index (χ1) is 8.16.